The lowest BCUT2D eigenvalue weighted by Crippen LogP contribution is -2.37. The van der Waals surface area contributed by atoms with E-state index >= 15 is 0 Å². The number of nitrogens with one attached hydrogen (secondary N) is 1. The highest BCUT2D eigenvalue weighted by atomic mass is 16.5. The lowest BCUT2D eigenvalue weighted by atomic mass is 10.1. The van der Waals surface area contributed by atoms with Crippen molar-refractivity contribution in [3.63, 3.8) is 0 Å². The number of amides is 1. The Kier molecular flexibility index (Phi) is 3.88. The number of carbonyl (C=O) groups excluding carboxylic acids is 1. The van der Waals surface area contributed by atoms with Gasteiger partial charge in [-0.2, -0.15) is 0 Å². The molecule has 21 heavy (non-hydrogen) atoms. The van der Waals surface area contributed by atoms with Gasteiger partial charge >= 0.3 is 0 Å². The molecule has 104 valence electrons. The first kappa shape index (κ1) is 13.3. The molecule has 2 aromatic rings. The largest absolute Gasteiger partial charge is 0.480 e. The summed E-state index contributed by atoms with van der Waals surface area (Å²) in [6.07, 6.45) is 0.176. The van der Waals surface area contributed by atoms with E-state index in [2.05, 4.69) is 17.2 Å². The van der Waals surface area contributed by atoms with Gasteiger partial charge in [0.1, 0.15) is 5.75 Å². The van der Waals surface area contributed by atoms with E-state index in [1.807, 2.05) is 54.6 Å². The van der Waals surface area contributed by atoms with E-state index in [9.17, 15) is 4.79 Å². The van der Waals surface area contributed by atoms with Crippen LogP contribution < -0.4 is 10.1 Å². The lowest BCUT2D eigenvalue weighted by Gasteiger charge is -2.09. The molecule has 0 spiro atoms. The highest BCUT2D eigenvalue weighted by molar-refractivity contribution is 5.82. The zero-order valence-corrected chi connectivity index (χ0v) is 11.5. The molecule has 0 aromatic heterocycles. The zero-order valence-electron chi connectivity index (χ0n) is 11.5. The number of hydrogen-bond donors (Lipinski definition) is 1. The second-order valence-corrected chi connectivity index (χ2v) is 4.80. The Morgan fingerprint density at radius 2 is 1.90 bits per heavy atom. The van der Waals surface area contributed by atoms with E-state index in [-0.39, 0.29) is 5.91 Å². The molecule has 0 radical (unpaired) electrons. The summed E-state index contributed by atoms with van der Waals surface area (Å²) in [6.45, 7) is 0.323. The van der Waals surface area contributed by atoms with Gasteiger partial charge in [0, 0.05) is 12.0 Å². The van der Waals surface area contributed by atoms with Crippen LogP contribution in [0.3, 0.4) is 0 Å². The summed E-state index contributed by atoms with van der Waals surface area (Å²) in [5.74, 6) is 6.62. The topological polar surface area (TPSA) is 38.3 Å². The number of hydrogen-bond acceptors (Lipinski definition) is 2. The molecule has 3 nitrogen and oxygen atoms in total. The molecule has 1 atom stereocenters. The van der Waals surface area contributed by atoms with Crippen LogP contribution in [-0.4, -0.2) is 18.6 Å². The molecule has 0 aliphatic carbocycles. The molecule has 1 heterocycles. The van der Waals surface area contributed by atoms with Crippen molar-refractivity contribution in [3.8, 4) is 17.6 Å². The van der Waals surface area contributed by atoms with E-state index in [4.69, 9.17) is 4.74 Å². The van der Waals surface area contributed by atoms with Crippen LogP contribution in [0.15, 0.2) is 54.6 Å². The molecule has 0 saturated heterocycles. The van der Waals surface area contributed by atoms with Crippen molar-refractivity contribution in [1.82, 2.24) is 5.32 Å². The molecule has 1 N–H and O–H groups in total. The van der Waals surface area contributed by atoms with Gasteiger partial charge in [-0.25, -0.2) is 0 Å². The number of para-hydroxylation sites is 1. The van der Waals surface area contributed by atoms with Crippen LogP contribution in [0, 0.1) is 11.8 Å². The fourth-order valence-electron chi connectivity index (χ4n) is 2.24. The van der Waals surface area contributed by atoms with Crippen LogP contribution in [-0.2, 0) is 11.2 Å². The minimum atomic E-state index is -0.444. The molecule has 3 rings (SSSR count). The Balaban J connectivity index is 1.51. The van der Waals surface area contributed by atoms with Gasteiger partial charge in [0.15, 0.2) is 6.10 Å². The third-order valence-electron chi connectivity index (χ3n) is 3.30. The molecule has 0 saturated carbocycles. The van der Waals surface area contributed by atoms with E-state index < -0.39 is 6.10 Å². The maximum Gasteiger partial charge on any atom is 0.262 e. The fourth-order valence-corrected chi connectivity index (χ4v) is 2.24. The monoisotopic (exact) mass is 277 g/mol. The quantitative estimate of drug-likeness (QED) is 0.854. The maximum absolute atomic E-state index is 12.0. The molecule has 3 heteroatoms. The van der Waals surface area contributed by atoms with E-state index in [1.165, 1.54) is 0 Å². The summed E-state index contributed by atoms with van der Waals surface area (Å²) in [7, 11) is 0. The van der Waals surface area contributed by atoms with Crippen molar-refractivity contribution in [2.45, 2.75) is 12.5 Å². The maximum atomic E-state index is 12.0. The average molecular weight is 277 g/mol. The van der Waals surface area contributed by atoms with E-state index in [1.54, 1.807) is 0 Å². The minimum absolute atomic E-state index is 0.117. The van der Waals surface area contributed by atoms with Crippen LogP contribution in [0.4, 0.5) is 0 Å². The Hall–Kier alpha value is -2.73. The third kappa shape index (κ3) is 3.24. The van der Waals surface area contributed by atoms with Gasteiger partial charge in [-0.3, -0.25) is 4.79 Å². The number of fused-ring (bicyclic) bond motifs is 1. The van der Waals surface area contributed by atoms with Crippen molar-refractivity contribution in [1.29, 1.82) is 0 Å². The lowest BCUT2D eigenvalue weighted by molar-refractivity contribution is -0.126. The Bertz CT molecular complexity index is 673. The highest BCUT2D eigenvalue weighted by Crippen LogP contribution is 2.27. The number of ether oxygens (including phenoxy) is 1. The van der Waals surface area contributed by atoms with Gasteiger partial charge < -0.3 is 10.1 Å². The number of rotatable bonds is 2. The Morgan fingerprint density at radius 3 is 2.71 bits per heavy atom. The Morgan fingerprint density at radius 1 is 1.14 bits per heavy atom. The summed E-state index contributed by atoms with van der Waals surface area (Å²) < 4.78 is 5.62. The van der Waals surface area contributed by atoms with Crippen LogP contribution in [0.5, 0.6) is 5.75 Å². The summed E-state index contributed by atoms with van der Waals surface area (Å²) in [5.41, 5.74) is 2.02. The van der Waals surface area contributed by atoms with Crippen molar-refractivity contribution in [3.05, 3.63) is 65.7 Å². The first-order chi connectivity index (χ1) is 10.3. The molecule has 1 aliphatic heterocycles. The molecule has 0 bridgehead atoms. The van der Waals surface area contributed by atoms with Gasteiger partial charge in [-0.1, -0.05) is 48.2 Å². The van der Waals surface area contributed by atoms with Gasteiger partial charge in [0.25, 0.3) is 5.91 Å². The minimum Gasteiger partial charge on any atom is -0.480 e. The summed E-state index contributed by atoms with van der Waals surface area (Å²) in [6, 6.07) is 17.4. The van der Waals surface area contributed by atoms with Gasteiger partial charge in [-0.05, 0) is 23.8 Å². The number of benzene rings is 2. The van der Waals surface area contributed by atoms with Crippen molar-refractivity contribution >= 4 is 5.91 Å². The molecule has 1 aliphatic rings. The van der Waals surface area contributed by atoms with Crippen LogP contribution in [0.25, 0.3) is 0 Å². The second-order valence-electron chi connectivity index (χ2n) is 4.80. The van der Waals surface area contributed by atoms with E-state index in [0.29, 0.717) is 13.0 Å². The first-order valence-electron chi connectivity index (χ1n) is 6.89. The smallest absolute Gasteiger partial charge is 0.262 e. The Labute approximate surface area is 123 Å². The van der Waals surface area contributed by atoms with Crippen LogP contribution in [0.2, 0.25) is 0 Å². The molecule has 2 aromatic carbocycles. The second kappa shape index (κ2) is 6.15. The molecule has 0 fully saturated rings. The first-order valence-corrected chi connectivity index (χ1v) is 6.89. The summed E-state index contributed by atoms with van der Waals surface area (Å²) >= 11 is 0. The van der Waals surface area contributed by atoms with Crippen LogP contribution in [0.1, 0.15) is 11.1 Å². The van der Waals surface area contributed by atoms with Gasteiger partial charge in [0.2, 0.25) is 0 Å². The van der Waals surface area contributed by atoms with Crippen LogP contribution >= 0.6 is 0 Å². The summed E-state index contributed by atoms with van der Waals surface area (Å²) in [5, 5.41) is 2.79. The highest BCUT2D eigenvalue weighted by Gasteiger charge is 2.28. The molecule has 1 amide bonds. The molecule has 0 unspecified atom stereocenters. The third-order valence-corrected chi connectivity index (χ3v) is 3.30. The van der Waals surface area contributed by atoms with Crippen molar-refractivity contribution in [2.75, 3.05) is 6.54 Å². The summed E-state index contributed by atoms with van der Waals surface area (Å²) in [4.78, 5) is 12.0. The normalized spacial score (nSPS) is 15.3. The average Bonchev–Trinajstić information content (AvgIpc) is 2.96. The molecular weight excluding hydrogens is 262 g/mol. The van der Waals surface area contributed by atoms with Gasteiger partial charge in [0.05, 0.1) is 6.54 Å². The predicted molar refractivity (Wildman–Crippen MR) is 80.9 cm³/mol. The predicted octanol–water partition coefficient (Wildman–Crippen LogP) is 2.16. The SMILES string of the molecule is O=C(NCC#Cc1ccccc1)[C@H]1Cc2ccccc2O1. The fraction of sp³-hybridized carbons (Fsp3) is 0.167. The van der Waals surface area contributed by atoms with Gasteiger partial charge in [-0.15, -0.1) is 0 Å². The van der Waals surface area contributed by atoms with Crippen molar-refractivity contribution in [2.24, 2.45) is 0 Å². The van der Waals surface area contributed by atoms with E-state index in [0.717, 1.165) is 16.9 Å². The van der Waals surface area contributed by atoms with Crippen molar-refractivity contribution < 1.29 is 9.53 Å². The standard InChI is InChI=1S/C18H15NO2/c20-18(17-13-15-10-4-5-11-16(15)21-17)19-12-6-9-14-7-2-1-3-8-14/h1-5,7-8,10-11,17H,12-13H2,(H,19,20)/t17-/m1/s1. The molecular formula is C18H15NO2. The number of carbonyl (C=O) groups is 1. The zero-order chi connectivity index (χ0) is 14.5.